The van der Waals surface area contributed by atoms with Gasteiger partial charge in [0, 0.05) is 44.0 Å². The molecule has 4 nitrogen and oxygen atoms in total. The van der Waals surface area contributed by atoms with Crippen LogP contribution in [0, 0.1) is 46.3 Å². The Balaban J connectivity index is 1.26. The molecule has 0 saturated heterocycles. The maximum absolute atomic E-state index is 4.92. The van der Waals surface area contributed by atoms with Gasteiger partial charge in [0.25, 0.3) is 0 Å². The van der Waals surface area contributed by atoms with Crippen molar-refractivity contribution in [2.24, 2.45) is 46.3 Å². The van der Waals surface area contributed by atoms with Crippen molar-refractivity contribution in [2.45, 2.75) is 115 Å². The molecule has 6 heteroatoms. The fourth-order valence-corrected chi connectivity index (χ4v) is 16.2. The first-order valence-electron chi connectivity index (χ1n) is 18.4. The fourth-order valence-electron chi connectivity index (χ4n) is 13.2. The van der Waals surface area contributed by atoms with Crippen LogP contribution < -0.4 is 10.9 Å². The van der Waals surface area contributed by atoms with Crippen LogP contribution in [0.3, 0.4) is 0 Å². The summed E-state index contributed by atoms with van der Waals surface area (Å²) in [5.74, 6) is 5.63. The molecule has 8 saturated carbocycles. The van der Waals surface area contributed by atoms with Crippen LogP contribution >= 0.6 is 17.2 Å². The molecule has 8 fully saturated rings. The summed E-state index contributed by atoms with van der Waals surface area (Å²) in [7, 11) is 2.98. The third-order valence-electron chi connectivity index (χ3n) is 14.1. The lowest BCUT2D eigenvalue weighted by Crippen LogP contribution is -2.64. The monoisotopic (exact) mass is 650 g/mol. The van der Waals surface area contributed by atoms with Gasteiger partial charge >= 0.3 is 0 Å². The number of hydrogen-bond donors (Lipinski definition) is 0. The lowest BCUT2D eigenvalue weighted by atomic mass is 9.37. The van der Waals surface area contributed by atoms with Gasteiger partial charge in [-0.3, -0.25) is 19.9 Å². The van der Waals surface area contributed by atoms with Crippen LogP contribution in [-0.4, -0.2) is 19.9 Å². The molecule has 11 rings (SSSR count). The molecule has 8 aliphatic rings. The summed E-state index contributed by atoms with van der Waals surface area (Å²) in [6.07, 6.45) is 30.0. The standard InChI is InChI=1S/C40H52N4P2/c1-37(2,3)33-4-5-34(32(16-33)25-46(35-23-41-6-8-43-35)36-24-42-7-9-44-36)40(45,38-17-26-10-27(18-38)12-28(11-26)19-38)39-20-29-13-30(21-39)15-31(14-29)22-39/h4-9,16,23-24,26-31H,10-15,17-22,25,45H2,1-3H3. The number of hydrogen-bond acceptors (Lipinski definition) is 4. The van der Waals surface area contributed by atoms with Gasteiger partial charge in [-0.2, -0.15) is 0 Å². The van der Waals surface area contributed by atoms with E-state index in [0.717, 1.165) is 52.5 Å². The Morgan fingerprint density at radius 2 is 1.11 bits per heavy atom. The molecule has 0 N–H and O–H groups in total. The van der Waals surface area contributed by atoms with Crippen LogP contribution in [0.25, 0.3) is 0 Å². The van der Waals surface area contributed by atoms with Crippen LogP contribution in [0.5, 0.6) is 0 Å². The minimum absolute atomic E-state index is 0.0834. The number of rotatable bonds is 7. The van der Waals surface area contributed by atoms with E-state index in [4.69, 9.17) is 9.97 Å². The van der Waals surface area contributed by atoms with Gasteiger partial charge in [-0.25, -0.2) is 0 Å². The zero-order valence-electron chi connectivity index (χ0n) is 28.2. The van der Waals surface area contributed by atoms with Gasteiger partial charge in [0.2, 0.25) is 0 Å². The average molecular weight is 651 g/mol. The maximum Gasteiger partial charge on any atom is 0.0877 e. The molecule has 2 aromatic heterocycles. The van der Waals surface area contributed by atoms with Crippen molar-refractivity contribution in [3.05, 3.63) is 72.1 Å². The zero-order chi connectivity index (χ0) is 31.3. The van der Waals surface area contributed by atoms with Crippen LogP contribution in [0.2, 0.25) is 0 Å². The third kappa shape index (κ3) is 4.73. The first-order chi connectivity index (χ1) is 22.1. The molecule has 3 aromatic rings. The molecule has 1 aromatic carbocycles. The second-order valence-electron chi connectivity index (χ2n) is 18.0. The van der Waals surface area contributed by atoms with Crippen molar-refractivity contribution in [3.63, 3.8) is 0 Å². The van der Waals surface area contributed by atoms with Gasteiger partial charge < -0.3 is 0 Å². The van der Waals surface area contributed by atoms with Crippen molar-refractivity contribution < 1.29 is 0 Å². The molecule has 1 atom stereocenters. The summed E-state index contributed by atoms with van der Waals surface area (Å²) < 4.78 is 0. The fraction of sp³-hybridized carbons (Fsp3) is 0.650. The van der Waals surface area contributed by atoms with E-state index in [9.17, 15) is 0 Å². The van der Waals surface area contributed by atoms with Crippen molar-refractivity contribution in [1.29, 1.82) is 0 Å². The van der Waals surface area contributed by atoms with Crippen molar-refractivity contribution in [1.82, 2.24) is 19.9 Å². The second kappa shape index (κ2) is 10.9. The van der Waals surface area contributed by atoms with Crippen LogP contribution in [0.15, 0.2) is 55.4 Å². The molecular weight excluding hydrogens is 598 g/mol. The Kier molecular flexibility index (Phi) is 7.16. The number of benzene rings is 1. The van der Waals surface area contributed by atoms with Crippen LogP contribution in [0.4, 0.5) is 0 Å². The van der Waals surface area contributed by atoms with E-state index in [1.165, 1.54) is 82.6 Å². The zero-order valence-corrected chi connectivity index (χ0v) is 30.2. The van der Waals surface area contributed by atoms with Gasteiger partial charge in [0.1, 0.15) is 0 Å². The average Bonchev–Trinajstić information content (AvgIpc) is 3.02. The summed E-state index contributed by atoms with van der Waals surface area (Å²) in [4.78, 5) is 18.9. The first-order valence-corrected chi connectivity index (χ1v) is 20.5. The Hall–Kier alpha value is -1.76. The Bertz CT molecular complexity index is 1440. The van der Waals surface area contributed by atoms with Gasteiger partial charge in [0.15, 0.2) is 0 Å². The summed E-state index contributed by atoms with van der Waals surface area (Å²) in [5.41, 5.74) is 7.65. The van der Waals surface area contributed by atoms with Crippen molar-refractivity contribution in [3.8, 4) is 0 Å². The van der Waals surface area contributed by atoms with Gasteiger partial charge in [-0.05, 0) is 145 Å². The van der Waals surface area contributed by atoms with Crippen molar-refractivity contribution in [2.75, 3.05) is 0 Å². The molecule has 2 heterocycles. The highest BCUT2D eigenvalue weighted by Crippen LogP contribution is 2.78. The van der Waals surface area contributed by atoms with E-state index in [2.05, 4.69) is 58.2 Å². The Morgan fingerprint density at radius 3 is 1.48 bits per heavy atom. The van der Waals surface area contributed by atoms with Gasteiger partial charge in [-0.1, -0.05) is 39.0 Å². The van der Waals surface area contributed by atoms with Gasteiger partial charge in [0.05, 0.1) is 23.3 Å². The van der Waals surface area contributed by atoms with Crippen LogP contribution in [0.1, 0.15) is 115 Å². The lowest BCUT2D eigenvalue weighted by Gasteiger charge is -2.72. The van der Waals surface area contributed by atoms with E-state index in [1.54, 1.807) is 23.5 Å². The largest absolute Gasteiger partial charge is 0.261 e. The third-order valence-corrected chi connectivity index (χ3v) is 17.9. The molecule has 8 aliphatic carbocycles. The molecule has 0 amide bonds. The SMILES string of the molecule is CC(C)(C)c1ccc(C(P)(C23CC4CC(CC(C4)C2)C3)C23CC4CC(CC(C4)C2)C3)c(CP(c2cnccn2)c2cnccn2)c1. The van der Waals surface area contributed by atoms with E-state index in [0.29, 0.717) is 10.8 Å². The quantitative estimate of drug-likeness (QED) is 0.240. The minimum Gasteiger partial charge on any atom is -0.261 e. The maximum atomic E-state index is 4.92. The molecule has 0 spiro atoms. The van der Waals surface area contributed by atoms with Crippen LogP contribution in [-0.2, 0) is 16.7 Å². The van der Waals surface area contributed by atoms with E-state index < -0.39 is 7.92 Å². The lowest BCUT2D eigenvalue weighted by molar-refractivity contribution is -0.158. The first kappa shape index (κ1) is 30.3. The highest BCUT2D eigenvalue weighted by molar-refractivity contribution is 7.71. The predicted octanol–water partition coefficient (Wildman–Crippen LogP) is 8.70. The molecule has 1 unspecified atom stereocenters. The topological polar surface area (TPSA) is 51.6 Å². The smallest absolute Gasteiger partial charge is 0.0877 e. The molecule has 46 heavy (non-hydrogen) atoms. The van der Waals surface area contributed by atoms with Crippen molar-refractivity contribution >= 4 is 28.0 Å². The molecule has 0 radical (unpaired) electrons. The normalized spacial score (nSPS) is 37.2. The molecule has 0 aliphatic heterocycles. The molecule has 8 bridgehead atoms. The minimum atomic E-state index is -0.862. The number of aromatic nitrogens is 4. The molecule has 242 valence electrons. The number of nitrogens with zero attached hydrogens (tertiary/aromatic N) is 4. The summed E-state index contributed by atoms with van der Waals surface area (Å²) in [6.45, 7) is 7.14. The molecular formula is C40H52N4P2. The van der Waals surface area contributed by atoms with E-state index >= 15 is 0 Å². The summed E-state index contributed by atoms with van der Waals surface area (Å²) in [5, 5.41) is 0.101. The summed E-state index contributed by atoms with van der Waals surface area (Å²) in [6, 6.07) is 7.84. The highest BCUT2D eigenvalue weighted by Gasteiger charge is 2.69. The second-order valence-corrected chi connectivity index (χ2v) is 21.0. The van der Waals surface area contributed by atoms with E-state index in [-0.39, 0.29) is 10.6 Å². The predicted molar refractivity (Wildman–Crippen MR) is 192 cm³/mol. The van der Waals surface area contributed by atoms with Gasteiger partial charge in [-0.15, -0.1) is 9.24 Å². The van der Waals surface area contributed by atoms with E-state index in [1.807, 2.05) is 24.8 Å². The highest BCUT2D eigenvalue weighted by atomic mass is 31.1. The Labute approximate surface area is 280 Å². The summed E-state index contributed by atoms with van der Waals surface area (Å²) >= 11 is 0. The Morgan fingerprint density at radius 1 is 0.674 bits per heavy atom.